The first-order valence-corrected chi connectivity index (χ1v) is 10.7. The summed E-state index contributed by atoms with van der Waals surface area (Å²) in [6.07, 6.45) is 6.40. The van der Waals surface area contributed by atoms with Gasteiger partial charge in [0.25, 0.3) is 0 Å². The standard InChI is InChI=1S/C16H19Br2NS2/c1-2-7-19-15(11-9-14(17)21-16(11)18)13-8-10-5-3-4-6-12(10)20-13/h8-9,15,19H,2-7H2,1H3. The van der Waals surface area contributed by atoms with Crippen molar-refractivity contribution in [1.29, 1.82) is 0 Å². The van der Waals surface area contributed by atoms with E-state index in [9.17, 15) is 0 Å². The average Bonchev–Trinajstić information content (AvgIpc) is 3.03. The number of rotatable bonds is 5. The molecule has 0 saturated heterocycles. The summed E-state index contributed by atoms with van der Waals surface area (Å²) in [4.78, 5) is 3.09. The van der Waals surface area contributed by atoms with Crippen molar-refractivity contribution in [2.75, 3.05) is 6.54 Å². The molecule has 0 spiro atoms. The van der Waals surface area contributed by atoms with Crippen LogP contribution in [0, 0.1) is 0 Å². The topological polar surface area (TPSA) is 12.0 Å². The highest BCUT2D eigenvalue weighted by molar-refractivity contribution is 9.12. The van der Waals surface area contributed by atoms with Gasteiger partial charge in [0.15, 0.2) is 0 Å². The molecular weight excluding hydrogens is 430 g/mol. The molecule has 1 aliphatic rings. The molecule has 1 atom stereocenters. The SMILES string of the molecule is CCCNC(c1cc2c(s1)CCCC2)c1cc(Br)sc1Br. The average molecular weight is 449 g/mol. The maximum absolute atomic E-state index is 3.73. The van der Waals surface area contributed by atoms with Gasteiger partial charge in [-0.05, 0) is 88.2 Å². The summed E-state index contributed by atoms with van der Waals surface area (Å²) in [7, 11) is 0. The first-order valence-electron chi connectivity index (χ1n) is 7.48. The second-order valence-electron chi connectivity index (χ2n) is 5.47. The van der Waals surface area contributed by atoms with Gasteiger partial charge in [0.1, 0.15) is 0 Å². The minimum absolute atomic E-state index is 0.317. The molecule has 1 N–H and O–H groups in total. The number of hydrogen-bond donors (Lipinski definition) is 1. The lowest BCUT2D eigenvalue weighted by atomic mass is 9.98. The summed E-state index contributed by atoms with van der Waals surface area (Å²) in [5, 5.41) is 3.73. The van der Waals surface area contributed by atoms with Gasteiger partial charge < -0.3 is 5.32 Å². The Kier molecular flexibility index (Phi) is 5.60. The van der Waals surface area contributed by atoms with E-state index in [0.717, 1.165) is 13.0 Å². The van der Waals surface area contributed by atoms with Gasteiger partial charge in [0.2, 0.25) is 0 Å². The predicted octanol–water partition coefficient (Wildman–Crippen LogP) is 6.30. The van der Waals surface area contributed by atoms with Crippen molar-refractivity contribution in [1.82, 2.24) is 5.32 Å². The molecule has 1 unspecified atom stereocenters. The zero-order valence-corrected chi connectivity index (χ0v) is 16.9. The fourth-order valence-electron chi connectivity index (χ4n) is 2.86. The summed E-state index contributed by atoms with van der Waals surface area (Å²) >= 11 is 11.1. The second kappa shape index (κ2) is 7.26. The zero-order valence-electron chi connectivity index (χ0n) is 12.0. The Morgan fingerprint density at radius 2 is 2.00 bits per heavy atom. The molecule has 21 heavy (non-hydrogen) atoms. The number of aryl methyl sites for hydroxylation is 2. The van der Waals surface area contributed by atoms with Crippen molar-refractivity contribution in [2.45, 2.75) is 45.1 Å². The molecule has 3 rings (SSSR count). The van der Waals surface area contributed by atoms with E-state index >= 15 is 0 Å². The Bertz CT molecular complexity index is 594. The Morgan fingerprint density at radius 1 is 1.19 bits per heavy atom. The van der Waals surface area contributed by atoms with Crippen molar-refractivity contribution in [2.24, 2.45) is 0 Å². The van der Waals surface area contributed by atoms with Gasteiger partial charge in [-0.25, -0.2) is 0 Å². The van der Waals surface area contributed by atoms with Gasteiger partial charge in [-0.2, -0.15) is 0 Å². The van der Waals surface area contributed by atoms with E-state index in [0.29, 0.717) is 6.04 Å². The van der Waals surface area contributed by atoms with E-state index in [4.69, 9.17) is 0 Å². The first kappa shape index (κ1) is 16.2. The van der Waals surface area contributed by atoms with E-state index < -0.39 is 0 Å². The fraction of sp³-hybridized carbons (Fsp3) is 0.500. The third-order valence-electron chi connectivity index (χ3n) is 3.89. The highest BCUT2D eigenvalue weighted by Crippen LogP contribution is 2.41. The summed E-state index contributed by atoms with van der Waals surface area (Å²) in [6, 6.07) is 5.02. The van der Waals surface area contributed by atoms with Gasteiger partial charge in [-0.15, -0.1) is 22.7 Å². The van der Waals surface area contributed by atoms with Crippen LogP contribution in [0.3, 0.4) is 0 Å². The second-order valence-corrected chi connectivity index (χ2v) is 10.4. The molecule has 0 bridgehead atoms. The highest BCUT2D eigenvalue weighted by atomic mass is 79.9. The molecule has 1 nitrogen and oxygen atoms in total. The molecule has 0 aromatic carbocycles. The first-order chi connectivity index (χ1) is 10.2. The lowest BCUT2D eigenvalue weighted by Crippen LogP contribution is -2.22. The van der Waals surface area contributed by atoms with Crippen LogP contribution in [0.15, 0.2) is 19.7 Å². The van der Waals surface area contributed by atoms with Crippen molar-refractivity contribution in [3.63, 3.8) is 0 Å². The van der Waals surface area contributed by atoms with E-state index in [1.807, 2.05) is 11.3 Å². The summed E-state index contributed by atoms with van der Waals surface area (Å²) in [5.74, 6) is 0. The van der Waals surface area contributed by atoms with E-state index in [-0.39, 0.29) is 0 Å². The van der Waals surface area contributed by atoms with Crippen molar-refractivity contribution < 1.29 is 0 Å². The minimum Gasteiger partial charge on any atom is -0.306 e. The third kappa shape index (κ3) is 3.63. The normalized spacial score (nSPS) is 16.0. The molecule has 0 fully saturated rings. The van der Waals surface area contributed by atoms with Crippen LogP contribution >= 0.6 is 54.5 Å². The Labute approximate surface area is 151 Å². The molecule has 114 valence electrons. The molecule has 0 aliphatic heterocycles. The van der Waals surface area contributed by atoms with Gasteiger partial charge in [-0.3, -0.25) is 0 Å². The number of nitrogens with one attached hydrogen (secondary N) is 1. The minimum atomic E-state index is 0.317. The van der Waals surface area contributed by atoms with Crippen molar-refractivity contribution in [3.8, 4) is 0 Å². The molecule has 0 radical (unpaired) electrons. The molecule has 0 saturated carbocycles. The third-order valence-corrected chi connectivity index (χ3v) is 7.58. The number of halogens is 2. The van der Waals surface area contributed by atoms with Gasteiger partial charge in [-0.1, -0.05) is 6.92 Å². The molecule has 2 aromatic rings. The van der Waals surface area contributed by atoms with E-state index in [1.54, 1.807) is 21.8 Å². The lowest BCUT2D eigenvalue weighted by molar-refractivity contribution is 0.605. The maximum Gasteiger partial charge on any atom is 0.0762 e. The van der Waals surface area contributed by atoms with Crippen LogP contribution in [0.25, 0.3) is 0 Å². The van der Waals surface area contributed by atoms with Crippen molar-refractivity contribution >= 4 is 54.5 Å². The lowest BCUT2D eigenvalue weighted by Gasteiger charge is -2.17. The van der Waals surface area contributed by atoms with Gasteiger partial charge >= 0.3 is 0 Å². The number of thiophene rings is 2. The zero-order chi connectivity index (χ0) is 14.8. The highest BCUT2D eigenvalue weighted by Gasteiger charge is 2.23. The number of hydrogen-bond acceptors (Lipinski definition) is 3. The van der Waals surface area contributed by atoms with Crippen LogP contribution in [0.4, 0.5) is 0 Å². The molecule has 1 aliphatic carbocycles. The van der Waals surface area contributed by atoms with Crippen LogP contribution in [0.1, 0.15) is 53.1 Å². The molecule has 5 heteroatoms. The molecule has 0 amide bonds. The quantitative estimate of drug-likeness (QED) is 0.565. The van der Waals surface area contributed by atoms with Crippen LogP contribution in [0.2, 0.25) is 0 Å². The summed E-state index contributed by atoms with van der Waals surface area (Å²) in [6.45, 7) is 3.27. The van der Waals surface area contributed by atoms with Gasteiger partial charge in [0, 0.05) is 15.3 Å². The summed E-state index contributed by atoms with van der Waals surface area (Å²) < 4.78 is 2.42. The maximum atomic E-state index is 3.73. The summed E-state index contributed by atoms with van der Waals surface area (Å²) in [5.41, 5.74) is 2.95. The molecular formula is C16H19Br2NS2. The van der Waals surface area contributed by atoms with E-state index in [2.05, 4.69) is 56.2 Å². The smallest absolute Gasteiger partial charge is 0.0762 e. The molecule has 2 heterocycles. The molecule has 2 aromatic heterocycles. The fourth-order valence-corrected chi connectivity index (χ4v) is 7.11. The predicted molar refractivity (Wildman–Crippen MR) is 101 cm³/mol. The van der Waals surface area contributed by atoms with Gasteiger partial charge in [0.05, 0.1) is 13.6 Å². The van der Waals surface area contributed by atoms with Crippen LogP contribution in [-0.2, 0) is 12.8 Å². The Balaban J connectivity index is 1.95. The van der Waals surface area contributed by atoms with E-state index in [1.165, 1.54) is 43.7 Å². The van der Waals surface area contributed by atoms with Crippen molar-refractivity contribution in [3.05, 3.63) is 40.6 Å². The number of fused-ring (bicyclic) bond motifs is 1. The van der Waals surface area contributed by atoms with Crippen LogP contribution in [-0.4, -0.2) is 6.54 Å². The van der Waals surface area contributed by atoms with Crippen LogP contribution in [0.5, 0.6) is 0 Å². The Hall–Kier alpha value is 0.320. The Morgan fingerprint density at radius 3 is 2.67 bits per heavy atom. The monoisotopic (exact) mass is 447 g/mol. The largest absolute Gasteiger partial charge is 0.306 e. The van der Waals surface area contributed by atoms with Crippen LogP contribution < -0.4 is 5.32 Å².